The molecule has 0 spiro atoms. The first-order chi connectivity index (χ1) is 13.0. The standard InChI is InChI=1S/C19H21N3O4S/c1-2-26-14-22-13-17(12-20-22)21-19(23)9-10-27(24,25)18-8-7-15-5-3-4-6-16(15)11-18/h3-8,11-13H,2,9-10,14H2,1H3,(H,21,23). The van der Waals surface area contributed by atoms with Crippen molar-refractivity contribution in [3.8, 4) is 0 Å². The molecule has 1 heterocycles. The lowest BCUT2D eigenvalue weighted by atomic mass is 10.1. The summed E-state index contributed by atoms with van der Waals surface area (Å²) in [6, 6.07) is 12.5. The summed E-state index contributed by atoms with van der Waals surface area (Å²) < 4.78 is 31.8. The third kappa shape index (κ3) is 4.93. The number of hydrogen-bond acceptors (Lipinski definition) is 5. The van der Waals surface area contributed by atoms with Crippen LogP contribution >= 0.6 is 0 Å². The van der Waals surface area contributed by atoms with Crippen molar-refractivity contribution in [2.24, 2.45) is 0 Å². The average molecular weight is 387 g/mol. The van der Waals surface area contributed by atoms with Gasteiger partial charge in [-0.3, -0.25) is 4.79 Å². The van der Waals surface area contributed by atoms with Crippen LogP contribution in [0.25, 0.3) is 10.8 Å². The predicted octanol–water partition coefficient (Wildman–Crippen LogP) is 2.83. The number of sulfone groups is 1. The van der Waals surface area contributed by atoms with Gasteiger partial charge in [0.05, 0.1) is 28.7 Å². The smallest absolute Gasteiger partial charge is 0.225 e. The fourth-order valence-electron chi connectivity index (χ4n) is 2.61. The molecule has 8 heteroatoms. The topological polar surface area (TPSA) is 90.3 Å². The second-order valence-electron chi connectivity index (χ2n) is 6.02. The van der Waals surface area contributed by atoms with Gasteiger partial charge in [0.1, 0.15) is 6.73 Å². The van der Waals surface area contributed by atoms with Crippen molar-refractivity contribution in [1.82, 2.24) is 9.78 Å². The van der Waals surface area contributed by atoms with Crippen molar-refractivity contribution in [3.05, 3.63) is 54.9 Å². The van der Waals surface area contributed by atoms with Gasteiger partial charge in [-0.05, 0) is 29.8 Å². The lowest BCUT2D eigenvalue weighted by Crippen LogP contribution is -2.17. The molecule has 0 bridgehead atoms. The highest BCUT2D eigenvalue weighted by Gasteiger charge is 2.17. The van der Waals surface area contributed by atoms with Gasteiger partial charge in [-0.1, -0.05) is 30.3 Å². The first-order valence-corrected chi connectivity index (χ1v) is 10.2. The van der Waals surface area contributed by atoms with Crippen LogP contribution in [-0.2, 0) is 26.1 Å². The summed E-state index contributed by atoms with van der Waals surface area (Å²) in [5, 5.41) is 8.52. The van der Waals surface area contributed by atoms with Crippen molar-refractivity contribution < 1.29 is 17.9 Å². The van der Waals surface area contributed by atoms with Crippen LogP contribution < -0.4 is 5.32 Å². The molecule has 2 aromatic carbocycles. The number of ether oxygens (including phenoxy) is 1. The second-order valence-corrected chi connectivity index (χ2v) is 8.13. The summed E-state index contributed by atoms with van der Waals surface area (Å²) in [4.78, 5) is 12.3. The molecular weight excluding hydrogens is 366 g/mol. The molecule has 0 unspecified atom stereocenters. The SMILES string of the molecule is CCOCn1cc(NC(=O)CCS(=O)(=O)c2ccc3ccccc3c2)cn1. The third-order valence-electron chi connectivity index (χ3n) is 4.02. The molecule has 0 saturated heterocycles. The van der Waals surface area contributed by atoms with Gasteiger partial charge < -0.3 is 10.1 Å². The number of carbonyl (C=O) groups is 1. The summed E-state index contributed by atoms with van der Waals surface area (Å²) in [5.74, 6) is -0.639. The Morgan fingerprint density at radius 1 is 1.19 bits per heavy atom. The minimum atomic E-state index is -3.55. The van der Waals surface area contributed by atoms with Crippen molar-refractivity contribution in [2.45, 2.75) is 25.0 Å². The zero-order valence-electron chi connectivity index (χ0n) is 15.0. The van der Waals surface area contributed by atoms with Crippen LogP contribution in [0, 0.1) is 0 Å². The number of benzene rings is 2. The summed E-state index contributed by atoms with van der Waals surface area (Å²) in [6.45, 7) is 2.74. The minimum absolute atomic E-state index is 0.133. The molecule has 0 saturated carbocycles. The van der Waals surface area contributed by atoms with E-state index in [4.69, 9.17) is 4.74 Å². The zero-order valence-corrected chi connectivity index (χ0v) is 15.8. The number of amides is 1. The van der Waals surface area contributed by atoms with Crippen LogP contribution in [0.3, 0.4) is 0 Å². The van der Waals surface area contributed by atoms with Crippen LogP contribution in [-0.4, -0.2) is 36.5 Å². The van der Waals surface area contributed by atoms with E-state index in [2.05, 4.69) is 10.4 Å². The molecule has 3 rings (SSSR count). The van der Waals surface area contributed by atoms with Crippen molar-refractivity contribution in [2.75, 3.05) is 17.7 Å². The first-order valence-electron chi connectivity index (χ1n) is 8.59. The maximum atomic E-state index is 12.5. The van der Waals surface area contributed by atoms with E-state index in [1.54, 1.807) is 29.1 Å². The molecule has 142 valence electrons. The van der Waals surface area contributed by atoms with E-state index in [-0.39, 0.29) is 23.0 Å². The van der Waals surface area contributed by atoms with Crippen LogP contribution in [0.15, 0.2) is 59.8 Å². The van der Waals surface area contributed by atoms with Gasteiger partial charge in [-0.2, -0.15) is 5.10 Å². The largest absolute Gasteiger partial charge is 0.360 e. The molecular formula is C19H21N3O4S. The molecule has 0 aliphatic rings. The lowest BCUT2D eigenvalue weighted by molar-refractivity contribution is -0.115. The molecule has 0 atom stereocenters. The van der Waals surface area contributed by atoms with E-state index in [1.807, 2.05) is 31.2 Å². The molecule has 0 fully saturated rings. The Bertz CT molecular complexity index is 1040. The number of fused-ring (bicyclic) bond motifs is 1. The monoisotopic (exact) mass is 387 g/mol. The van der Waals surface area contributed by atoms with Crippen molar-refractivity contribution in [1.29, 1.82) is 0 Å². The fourth-order valence-corrected chi connectivity index (χ4v) is 3.88. The molecule has 7 nitrogen and oxygen atoms in total. The molecule has 1 aromatic heterocycles. The van der Waals surface area contributed by atoms with Crippen molar-refractivity contribution in [3.63, 3.8) is 0 Å². The average Bonchev–Trinajstić information content (AvgIpc) is 3.11. The number of hydrogen-bond donors (Lipinski definition) is 1. The molecule has 27 heavy (non-hydrogen) atoms. The Morgan fingerprint density at radius 3 is 2.74 bits per heavy atom. The summed E-state index contributed by atoms with van der Waals surface area (Å²) >= 11 is 0. The highest BCUT2D eigenvalue weighted by Crippen LogP contribution is 2.20. The van der Waals surface area contributed by atoms with Gasteiger partial charge in [0, 0.05) is 13.0 Å². The van der Waals surface area contributed by atoms with Crippen molar-refractivity contribution >= 4 is 32.2 Å². The summed E-state index contributed by atoms with van der Waals surface area (Å²) in [5.41, 5.74) is 0.503. The maximum absolute atomic E-state index is 12.5. The highest BCUT2D eigenvalue weighted by atomic mass is 32.2. The first kappa shape index (κ1) is 19.1. The van der Waals surface area contributed by atoms with Gasteiger partial charge in [-0.15, -0.1) is 0 Å². The van der Waals surface area contributed by atoms with E-state index in [0.717, 1.165) is 10.8 Å². The minimum Gasteiger partial charge on any atom is -0.360 e. The van der Waals surface area contributed by atoms with Gasteiger partial charge in [0.15, 0.2) is 9.84 Å². The van der Waals surface area contributed by atoms with Crippen LogP contribution in [0.2, 0.25) is 0 Å². The number of aromatic nitrogens is 2. The van der Waals surface area contributed by atoms with E-state index in [1.165, 1.54) is 6.20 Å². The number of rotatable bonds is 8. The zero-order chi connectivity index (χ0) is 19.3. The van der Waals surface area contributed by atoms with Crippen LogP contribution in [0.4, 0.5) is 5.69 Å². The lowest BCUT2D eigenvalue weighted by Gasteiger charge is -2.06. The summed E-state index contributed by atoms with van der Waals surface area (Å²) in [6.07, 6.45) is 2.99. The molecule has 1 amide bonds. The van der Waals surface area contributed by atoms with Gasteiger partial charge in [0.2, 0.25) is 5.91 Å². The quantitative estimate of drug-likeness (QED) is 0.642. The Kier molecular flexibility index (Phi) is 5.88. The Balaban J connectivity index is 1.60. The molecule has 3 aromatic rings. The van der Waals surface area contributed by atoms with Gasteiger partial charge in [0.25, 0.3) is 0 Å². The molecule has 0 radical (unpaired) electrons. The second kappa shape index (κ2) is 8.32. The van der Waals surface area contributed by atoms with E-state index in [0.29, 0.717) is 19.0 Å². The molecule has 0 aliphatic heterocycles. The predicted molar refractivity (Wildman–Crippen MR) is 103 cm³/mol. The maximum Gasteiger partial charge on any atom is 0.225 e. The number of nitrogens with zero attached hydrogens (tertiary/aromatic N) is 2. The van der Waals surface area contributed by atoms with Gasteiger partial charge >= 0.3 is 0 Å². The van der Waals surface area contributed by atoms with Crippen LogP contribution in [0.1, 0.15) is 13.3 Å². The van der Waals surface area contributed by atoms with Crippen LogP contribution in [0.5, 0.6) is 0 Å². The van der Waals surface area contributed by atoms with Gasteiger partial charge in [-0.25, -0.2) is 13.1 Å². The normalized spacial score (nSPS) is 11.6. The highest BCUT2D eigenvalue weighted by molar-refractivity contribution is 7.91. The Morgan fingerprint density at radius 2 is 1.96 bits per heavy atom. The van der Waals surface area contributed by atoms with E-state index >= 15 is 0 Å². The fraction of sp³-hybridized carbons (Fsp3) is 0.263. The number of carbonyl (C=O) groups excluding carboxylic acids is 1. The third-order valence-corrected chi connectivity index (χ3v) is 5.74. The summed E-state index contributed by atoms with van der Waals surface area (Å²) in [7, 11) is -3.55. The Labute approximate surface area is 157 Å². The number of nitrogens with one attached hydrogen (secondary N) is 1. The van der Waals surface area contributed by atoms with E-state index in [9.17, 15) is 13.2 Å². The van der Waals surface area contributed by atoms with E-state index < -0.39 is 9.84 Å². The molecule has 1 N–H and O–H groups in total. The number of anilines is 1. The Hall–Kier alpha value is -2.71. The molecule has 0 aliphatic carbocycles.